The largest absolute Gasteiger partial charge is 0.444 e. The first-order valence-corrected chi connectivity index (χ1v) is 8.50. The molecule has 3 aromatic rings. The Hall–Kier alpha value is -2.66. The van der Waals surface area contributed by atoms with E-state index in [0.717, 1.165) is 38.4 Å². The maximum Gasteiger partial charge on any atom is 0.228 e. The minimum absolute atomic E-state index is 0.278. The minimum atomic E-state index is -0.278. The van der Waals surface area contributed by atoms with Gasteiger partial charge < -0.3 is 9.32 Å². The molecule has 1 saturated heterocycles. The van der Waals surface area contributed by atoms with E-state index in [0.29, 0.717) is 11.5 Å². The maximum absolute atomic E-state index is 13.7. The van der Waals surface area contributed by atoms with E-state index in [2.05, 4.69) is 39.0 Å². The zero-order chi connectivity index (χ0) is 17.1. The molecule has 0 N–H and O–H groups in total. The summed E-state index contributed by atoms with van der Waals surface area (Å²) in [6.07, 6.45) is 3.10. The molecule has 1 aliphatic heterocycles. The van der Waals surface area contributed by atoms with Gasteiger partial charge in [-0.1, -0.05) is 30.3 Å². The quantitative estimate of drug-likeness (QED) is 0.725. The molecule has 0 radical (unpaired) electrons. The molecule has 128 valence electrons. The number of anilines is 1. The van der Waals surface area contributed by atoms with Crippen molar-refractivity contribution in [1.82, 2.24) is 9.88 Å². The van der Waals surface area contributed by atoms with Gasteiger partial charge in [0.25, 0.3) is 0 Å². The molecule has 1 fully saturated rings. The highest BCUT2D eigenvalue weighted by Gasteiger charge is 2.21. The molecule has 0 unspecified atom stereocenters. The molecule has 2 aromatic carbocycles. The molecule has 0 aliphatic carbocycles. The molecule has 2 heterocycles. The standard InChI is InChI=1S/C20H20FN3O/c21-17-6-7-19(18(14-17)20-22-8-13-25-20)24-11-9-23(10-12-24)15-16-4-2-1-3-5-16/h1-8,13-14H,9-12,15H2. The molecule has 25 heavy (non-hydrogen) atoms. The second-order valence-electron chi connectivity index (χ2n) is 6.25. The number of halogens is 1. The van der Waals surface area contributed by atoms with Crippen molar-refractivity contribution in [2.75, 3.05) is 31.1 Å². The van der Waals surface area contributed by atoms with E-state index < -0.39 is 0 Å². The van der Waals surface area contributed by atoms with Gasteiger partial charge in [0.05, 0.1) is 11.8 Å². The fourth-order valence-electron chi connectivity index (χ4n) is 3.30. The van der Waals surface area contributed by atoms with Crippen molar-refractivity contribution < 1.29 is 8.81 Å². The molecule has 0 saturated carbocycles. The van der Waals surface area contributed by atoms with E-state index in [1.807, 2.05) is 12.1 Å². The van der Waals surface area contributed by atoms with E-state index in [1.165, 1.54) is 24.0 Å². The van der Waals surface area contributed by atoms with Gasteiger partial charge in [-0.2, -0.15) is 0 Å². The van der Waals surface area contributed by atoms with Crippen LogP contribution in [0.1, 0.15) is 5.56 Å². The van der Waals surface area contributed by atoms with E-state index in [9.17, 15) is 4.39 Å². The molecule has 1 aliphatic rings. The Balaban J connectivity index is 1.48. The van der Waals surface area contributed by atoms with Crippen LogP contribution in [-0.4, -0.2) is 36.1 Å². The summed E-state index contributed by atoms with van der Waals surface area (Å²) < 4.78 is 19.1. The molecule has 0 spiro atoms. The Labute approximate surface area is 146 Å². The van der Waals surface area contributed by atoms with Gasteiger partial charge in [0.2, 0.25) is 5.89 Å². The van der Waals surface area contributed by atoms with E-state index >= 15 is 0 Å². The van der Waals surface area contributed by atoms with E-state index in [1.54, 1.807) is 6.20 Å². The van der Waals surface area contributed by atoms with Crippen molar-refractivity contribution in [2.24, 2.45) is 0 Å². The van der Waals surface area contributed by atoms with Gasteiger partial charge in [-0.25, -0.2) is 9.37 Å². The van der Waals surface area contributed by atoms with Gasteiger partial charge >= 0.3 is 0 Å². The van der Waals surface area contributed by atoms with Crippen LogP contribution in [-0.2, 0) is 6.54 Å². The number of oxazole rings is 1. The first-order chi connectivity index (χ1) is 12.3. The highest BCUT2D eigenvalue weighted by molar-refractivity contribution is 5.73. The number of hydrogen-bond acceptors (Lipinski definition) is 4. The third-order valence-corrected chi connectivity index (χ3v) is 4.58. The highest BCUT2D eigenvalue weighted by atomic mass is 19.1. The van der Waals surface area contributed by atoms with E-state index in [4.69, 9.17) is 4.42 Å². The number of aromatic nitrogens is 1. The summed E-state index contributed by atoms with van der Waals surface area (Å²) >= 11 is 0. The van der Waals surface area contributed by atoms with Gasteiger partial charge in [0.1, 0.15) is 12.1 Å². The molecule has 0 atom stereocenters. The summed E-state index contributed by atoms with van der Waals surface area (Å²) in [5.74, 6) is 0.181. The number of hydrogen-bond donors (Lipinski definition) is 0. The third-order valence-electron chi connectivity index (χ3n) is 4.58. The number of nitrogens with zero attached hydrogens (tertiary/aromatic N) is 3. The predicted molar refractivity (Wildman–Crippen MR) is 95.8 cm³/mol. The molecule has 4 rings (SSSR count). The van der Waals surface area contributed by atoms with Gasteiger partial charge in [-0.05, 0) is 23.8 Å². The minimum Gasteiger partial charge on any atom is -0.444 e. The van der Waals surface area contributed by atoms with Crippen molar-refractivity contribution in [3.05, 3.63) is 72.4 Å². The Morgan fingerprint density at radius 2 is 1.80 bits per heavy atom. The smallest absolute Gasteiger partial charge is 0.228 e. The van der Waals surface area contributed by atoms with Crippen molar-refractivity contribution in [2.45, 2.75) is 6.54 Å². The zero-order valence-corrected chi connectivity index (χ0v) is 13.9. The Morgan fingerprint density at radius 1 is 1.00 bits per heavy atom. The zero-order valence-electron chi connectivity index (χ0n) is 13.9. The van der Waals surface area contributed by atoms with Crippen LogP contribution in [0.15, 0.2) is 65.4 Å². The van der Waals surface area contributed by atoms with Crippen LogP contribution in [0.4, 0.5) is 10.1 Å². The molecule has 1 aromatic heterocycles. The third kappa shape index (κ3) is 3.56. The Morgan fingerprint density at radius 3 is 2.52 bits per heavy atom. The summed E-state index contributed by atoms with van der Waals surface area (Å²) in [7, 11) is 0. The van der Waals surface area contributed by atoms with Crippen molar-refractivity contribution in [3.63, 3.8) is 0 Å². The normalized spacial score (nSPS) is 15.5. The predicted octanol–water partition coefficient (Wildman–Crippen LogP) is 3.80. The van der Waals surface area contributed by atoms with Crippen LogP contribution >= 0.6 is 0 Å². The monoisotopic (exact) mass is 337 g/mol. The Kier molecular flexibility index (Phi) is 4.48. The van der Waals surface area contributed by atoms with Crippen LogP contribution in [0.25, 0.3) is 11.5 Å². The van der Waals surface area contributed by atoms with Crippen molar-refractivity contribution >= 4 is 5.69 Å². The lowest BCUT2D eigenvalue weighted by atomic mass is 10.1. The lowest BCUT2D eigenvalue weighted by Gasteiger charge is -2.36. The molecule has 5 heteroatoms. The highest BCUT2D eigenvalue weighted by Crippen LogP contribution is 2.31. The average Bonchev–Trinajstić information content (AvgIpc) is 3.18. The van der Waals surface area contributed by atoms with Gasteiger partial charge in [-0.15, -0.1) is 0 Å². The van der Waals surface area contributed by atoms with Gasteiger partial charge in [0.15, 0.2) is 0 Å². The summed E-state index contributed by atoms with van der Waals surface area (Å²) in [5, 5.41) is 0. The summed E-state index contributed by atoms with van der Waals surface area (Å²) in [6, 6.07) is 15.3. The Bertz CT molecular complexity index is 812. The second-order valence-corrected chi connectivity index (χ2v) is 6.25. The van der Waals surface area contributed by atoms with Crippen LogP contribution in [0.2, 0.25) is 0 Å². The lowest BCUT2D eigenvalue weighted by molar-refractivity contribution is 0.250. The van der Waals surface area contributed by atoms with Crippen molar-refractivity contribution in [3.8, 4) is 11.5 Å². The molecular formula is C20H20FN3O. The fourth-order valence-corrected chi connectivity index (χ4v) is 3.30. The topological polar surface area (TPSA) is 32.5 Å². The number of benzene rings is 2. The lowest BCUT2D eigenvalue weighted by Crippen LogP contribution is -2.46. The first kappa shape index (κ1) is 15.8. The molecule has 4 nitrogen and oxygen atoms in total. The van der Waals surface area contributed by atoms with E-state index in [-0.39, 0.29) is 5.82 Å². The van der Waals surface area contributed by atoms with Crippen LogP contribution < -0.4 is 4.90 Å². The van der Waals surface area contributed by atoms with Gasteiger partial charge in [-0.3, -0.25) is 4.90 Å². The number of rotatable bonds is 4. The number of piperazine rings is 1. The SMILES string of the molecule is Fc1ccc(N2CCN(Cc3ccccc3)CC2)c(-c2ncco2)c1. The van der Waals surface area contributed by atoms with Crippen LogP contribution in [0, 0.1) is 5.82 Å². The maximum atomic E-state index is 13.7. The summed E-state index contributed by atoms with van der Waals surface area (Å²) in [5.41, 5.74) is 3.02. The second kappa shape index (κ2) is 7.07. The molecular weight excluding hydrogens is 317 g/mol. The van der Waals surface area contributed by atoms with Gasteiger partial charge in [0, 0.05) is 38.4 Å². The molecule has 0 bridgehead atoms. The van der Waals surface area contributed by atoms with Crippen LogP contribution in [0.5, 0.6) is 0 Å². The summed E-state index contributed by atoms with van der Waals surface area (Å²) in [4.78, 5) is 8.91. The first-order valence-electron chi connectivity index (χ1n) is 8.50. The van der Waals surface area contributed by atoms with Crippen molar-refractivity contribution in [1.29, 1.82) is 0 Å². The fraction of sp³-hybridized carbons (Fsp3) is 0.250. The van der Waals surface area contributed by atoms with Crippen LogP contribution in [0.3, 0.4) is 0 Å². The average molecular weight is 337 g/mol. The summed E-state index contributed by atoms with van der Waals surface area (Å²) in [6.45, 7) is 4.69. The molecule has 0 amide bonds.